The summed E-state index contributed by atoms with van der Waals surface area (Å²) >= 11 is 1.90. The fraction of sp³-hybridized carbons (Fsp3) is 0.286. The summed E-state index contributed by atoms with van der Waals surface area (Å²) in [5.41, 5.74) is 17.6. The van der Waals surface area contributed by atoms with E-state index in [9.17, 15) is 0 Å². The van der Waals surface area contributed by atoms with Gasteiger partial charge in [-0.1, -0.05) is 144 Å². The number of hydrogen-bond acceptors (Lipinski definition) is 1. The van der Waals surface area contributed by atoms with E-state index in [-0.39, 0.29) is 21.7 Å². The van der Waals surface area contributed by atoms with Crippen molar-refractivity contribution in [2.24, 2.45) is 0 Å². The van der Waals surface area contributed by atoms with Crippen LogP contribution in [0.2, 0.25) is 0 Å². The molecule has 0 saturated carbocycles. The first-order valence-corrected chi connectivity index (χ1v) is 22.1. The number of thiophene rings is 1. The number of rotatable bonds is 4. The van der Waals surface area contributed by atoms with Gasteiger partial charge in [0.2, 0.25) is 0 Å². The Morgan fingerprint density at radius 1 is 0.322 bits per heavy atom. The van der Waals surface area contributed by atoms with Crippen LogP contribution in [0.3, 0.4) is 0 Å². The second-order valence-corrected chi connectivity index (χ2v) is 22.0. The zero-order chi connectivity index (χ0) is 41.8. The van der Waals surface area contributed by atoms with Crippen molar-refractivity contribution >= 4 is 54.9 Å². The van der Waals surface area contributed by atoms with Gasteiger partial charge in [-0.15, -0.1) is 11.3 Å². The molecule has 2 nitrogen and oxygen atoms in total. The number of aromatic amines is 2. The molecule has 3 heteroatoms. The van der Waals surface area contributed by atoms with Gasteiger partial charge in [-0.25, -0.2) is 0 Å². The highest BCUT2D eigenvalue weighted by molar-refractivity contribution is 7.19. The third-order valence-corrected chi connectivity index (χ3v) is 13.6. The molecule has 0 unspecified atom stereocenters. The van der Waals surface area contributed by atoms with Gasteiger partial charge in [0.25, 0.3) is 0 Å². The van der Waals surface area contributed by atoms with E-state index in [2.05, 4.69) is 214 Å². The second-order valence-electron chi connectivity index (χ2n) is 20.9. The zero-order valence-electron chi connectivity index (χ0n) is 37.0. The van der Waals surface area contributed by atoms with Crippen LogP contribution >= 0.6 is 11.3 Å². The molecule has 59 heavy (non-hydrogen) atoms. The van der Waals surface area contributed by atoms with Gasteiger partial charge in [-0.05, 0) is 116 Å². The largest absolute Gasteiger partial charge is 0.353 e. The van der Waals surface area contributed by atoms with E-state index in [1.165, 1.54) is 109 Å². The minimum Gasteiger partial charge on any atom is -0.353 e. The molecule has 2 N–H and O–H groups in total. The van der Waals surface area contributed by atoms with Gasteiger partial charge >= 0.3 is 0 Å². The van der Waals surface area contributed by atoms with E-state index in [1.54, 1.807) is 0 Å². The molecule has 0 aliphatic heterocycles. The summed E-state index contributed by atoms with van der Waals surface area (Å²) in [5.74, 6) is 0. The summed E-state index contributed by atoms with van der Waals surface area (Å²) in [5, 5.41) is 5.15. The standard InChI is InChI=1S/C56H58N2S/c1-53(2,3)35-25-39(33-19-15-13-16-20-33)49-41(27-35)43-29-37(55(7,8)9)31-45(51(43)57-49)47-23-24-48(59-47)46-32-38(56(10,11)12)30-44-42-28-36(54(4,5)6)26-40(50(42)58-52(44)46)34-21-17-14-18-22-34/h13-32,57-58H,1-12H3. The predicted molar refractivity (Wildman–Crippen MR) is 260 cm³/mol. The number of H-pyrrole nitrogens is 2. The molecule has 3 aromatic heterocycles. The molecule has 298 valence electrons. The molecule has 0 amide bonds. The minimum atomic E-state index is -0.0313. The van der Waals surface area contributed by atoms with Gasteiger partial charge in [0, 0.05) is 53.6 Å². The Morgan fingerprint density at radius 3 is 0.881 bits per heavy atom. The van der Waals surface area contributed by atoms with Crippen molar-refractivity contribution in [1.29, 1.82) is 0 Å². The molecule has 9 aromatic rings. The summed E-state index contributed by atoms with van der Waals surface area (Å²) in [6.07, 6.45) is 0. The Hall–Kier alpha value is -5.38. The summed E-state index contributed by atoms with van der Waals surface area (Å²) in [6.45, 7) is 27.9. The van der Waals surface area contributed by atoms with Crippen LogP contribution in [0.4, 0.5) is 0 Å². The fourth-order valence-corrected chi connectivity index (χ4v) is 9.70. The highest BCUT2D eigenvalue weighted by Crippen LogP contribution is 2.48. The molecule has 0 aliphatic carbocycles. The maximum Gasteiger partial charge on any atom is 0.0553 e. The summed E-state index contributed by atoms with van der Waals surface area (Å²) in [7, 11) is 0. The maximum atomic E-state index is 4.03. The molecule has 0 radical (unpaired) electrons. The van der Waals surface area contributed by atoms with Crippen molar-refractivity contribution in [3.8, 4) is 43.1 Å². The van der Waals surface area contributed by atoms with Crippen LogP contribution in [0.25, 0.3) is 86.7 Å². The molecule has 9 rings (SSSR count). The van der Waals surface area contributed by atoms with Gasteiger partial charge in [0.05, 0.1) is 22.1 Å². The molecular weight excluding hydrogens is 733 g/mol. The smallest absolute Gasteiger partial charge is 0.0553 e. The Bertz CT molecular complexity index is 2840. The van der Waals surface area contributed by atoms with E-state index in [1.807, 2.05) is 11.3 Å². The summed E-state index contributed by atoms with van der Waals surface area (Å²) < 4.78 is 0. The lowest BCUT2D eigenvalue weighted by Crippen LogP contribution is -2.11. The molecule has 0 atom stereocenters. The lowest BCUT2D eigenvalue weighted by Gasteiger charge is -2.22. The third kappa shape index (κ3) is 6.92. The van der Waals surface area contributed by atoms with Crippen LogP contribution in [-0.2, 0) is 21.7 Å². The zero-order valence-corrected chi connectivity index (χ0v) is 37.8. The Kier molecular flexibility index (Phi) is 9.00. The highest BCUT2D eigenvalue weighted by Gasteiger charge is 2.26. The quantitative estimate of drug-likeness (QED) is 0.178. The van der Waals surface area contributed by atoms with Crippen LogP contribution in [0, 0.1) is 0 Å². The fourth-order valence-electron chi connectivity index (χ4n) is 8.65. The van der Waals surface area contributed by atoms with E-state index in [0.717, 1.165) is 0 Å². The lowest BCUT2D eigenvalue weighted by molar-refractivity contribution is 0.590. The normalized spacial score (nSPS) is 13.1. The van der Waals surface area contributed by atoms with Crippen LogP contribution in [0.15, 0.2) is 121 Å². The molecule has 0 saturated heterocycles. The van der Waals surface area contributed by atoms with E-state index in [4.69, 9.17) is 0 Å². The maximum absolute atomic E-state index is 4.03. The van der Waals surface area contributed by atoms with Crippen LogP contribution in [0.1, 0.15) is 105 Å². The summed E-state index contributed by atoms with van der Waals surface area (Å²) in [4.78, 5) is 10.6. The van der Waals surface area contributed by atoms with Gasteiger partial charge in [-0.3, -0.25) is 0 Å². The van der Waals surface area contributed by atoms with Crippen molar-refractivity contribution in [2.75, 3.05) is 0 Å². The number of benzene rings is 6. The molecule has 3 heterocycles. The van der Waals surface area contributed by atoms with Gasteiger partial charge in [0.15, 0.2) is 0 Å². The second kappa shape index (κ2) is 13.6. The van der Waals surface area contributed by atoms with Crippen molar-refractivity contribution in [2.45, 2.75) is 105 Å². The monoisotopic (exact) mass is 790 g/mol. The van der Waals surface area contributed by atoms with Crippen molar-refractivity contribution < 1.29 is 0 Å². The third-order valence-electron chi connectivity index (χ3n) is 12.4. The van der Waals surface area contributed by atoms with E-state index >= 15 is 0 Å². The molecule has 6 aromatic carbocycles. The molecule has 0 spiro atoms. The lowest BCUT2D eigenvalue weighted by atomic mass is 9.83. The van der Waals surface area contributed by atoms with Crippen molar-refractivity contribution in [3.05, 3.63) is 144 Å². The number of nitrogens with one attached hydrogen (secondary N) is 2. The first-order chi connectivity index (χ1) is 27.8. The van der Waals surface area contributed by atoms with E-state index in [0.29, 0.717) is 0 Å². The van der Waals surface area contributed by atoms with Crippen molar-refractivity contribution in [3.63, 3.8) is 0 Å². The minimum absolute atomic E-state index is 0.000152. The predicted octanol–water partition coefficient (Wildman–Crippen LogP) is 16.9. The van der Waals surface area contributed by atoms with Crippen LogP contribution in [-0.4, -0.2) is 9.97 Å². The van der Waals surface area contributed by atoms with Gasteiger partial charge in [0.1, 0.15) is 0 Å². The first-order valence-electron chi connectivity index (χ1n) is 21.3. The molecule has 0 bridgehead atoms. The Labute approximate surface area is 354 Å². The van der Waals surface area contributed by atoms with Gasteiger partial charge in [-0.2, -0.15) is 0 Å². The SMILES string of the molecule is CC(C)(C)c1cc(-c2ccccc2)c2[nH]c3c(-c4ccc(-c5cc(C(C)(C)C)cc6c5[nH]c5c(-c7ccccc7)cc(C(C)(C)C)cc56)s4)cc(C(C)(C)C)cc3c2c1. The molecular formula is C56H58N2S. The molecule has 0 fully saturated rings. The summed E-state index contributed by atoms with van der Waals surface area (Å²) in [6, 6.07) is 46.0. The first kappa shape index (κ1) is 39.1. The highest BCUT2D eigenvalue weighted by atomic mass is 32.1. The average Bonchev–Trinajstić information content (AvgIpc) is 3.92. The number of fused-ring (bicyclic) bond motifs is 6. The average molecular weight is 791 g/mol. The number of aromatic nitrogens is 2. The van der Waals surface area contributed by atoms with Crippen molar-refractivity contribution in [1.82, 2.24) is 9.97 Å². The Morgan fingerprint density at radius 2 is 0.593 bits per heavy atom. The van der Waals surface area contributed by atoms with Crippen LogP contribution < -0.4 is 0 Å². The van der Waals surface area contributed by atoms with E-state index < -0.39 is 0 Å². The topological polar surface area (TPSA) is 31.6 Å². The van der Waals surface area contributed by atoms with Gasteiger partial charge < -0.3 is 9.97 Å². The number of hydrogen-bond donors (Lipinski definition) is 2. The van der Waals surface area contributed by atoms with Crippen LogP contribution in [0.5, 0.6) is 0 Å². The molecule has 0 aliphatic rings. The Balaban J connectivity index is 1.31.